The van der Waals surface area contributed by atoms with E-state index in [1.807, 2.05) is 61.6 Å². The van der Waals surface area contributed by atoms with Gasteiger partial charge in [-0.05, 0) is 53.8 Å². The van der Waals surface area contributed by atoms with Gasteiger partial charge in [0.1, 0.15) is 0 Å². The van der Waals surface area contributed by atoms with Gasteiger partial charge in [-0.1, -0.05) is 30.3 Å². The Bertz CT molecular complexity index is 965. The van der Waals surface area contributed by atoms with Crippen molar-refractivity contribution >= 4 is 28.8 Å². The van der Waals surface area contributed by atoms with Gasteiger partial charge >= 0.3 is 0 Å². The van der Waals surface area contributed by atoms with E-state index in [0.717, 1.165) is 16.8 Å². The summed E-state index contributed by atoms with van der Waals surface area (Å²) in [6.07, 6.45) is 0. The van der Waals surface area contributed by atoms with Gasteiger partial charge in [0.25, 0.3) is 11.8 Å². The third kappa shape index (κ3) is 5.48. The second-order valence-electron chi connectivity index (χ2n) is 7.24. The molecular weight excluding hydrogens is 394 g/mol. The highest BCUT2D eigenvalue weighted by Crippen LogP contribution is 2.16. The summed E-state index contributed by atoms with van der Waals surface area (Å²) < 4.78 is 0. The SMILES string of the molecule is CCN(Cc1ccc(N(C)C)cc1)C(=O)c1ccc(CNC(=O)c2cccs2)cc1. The molecule has 2 amide bonds. The summed E-state index contributed by atoms with van der Waals surface area (Å²) in [4.78, 5) is 29.6. The molecule has 0 spiro atoms. The van der Waals surface area contributed by atoms with E-state index in [9.17, 15) is 9.59 Å². The quantitative estimate of drug-likeness (QED) is 0.586. The fourth-order valence-corrected chi connectivity index (χ4v) is 3.71. The van der Waals surface area contributed by atoms with E-state index in [4.69, 9.17) is 0 Å². The fraction of sp³-hybridized carbons (Fsp3) is 0.250. The van der Waals surface area contributed by atoms with Crippen molar-refractivity contribution in [3.05, 3.63) is 87.6 Å². The Balaban J connectivity index is 1.59. The number of rotatable bonds is 8. The molecule has 0 atom stereocenters. The van der Waals surface area contributed by atoms with E-state index in [1.165, 1.54) is 11.3 Å². The lowest BCUT2D eigenvalue weighted by Crippen LogP contribution is -2.30. The lowest BCUT2D eigenvalue weighted by Gasteiger charge is -2.22. The van der Waals surface area contributed by atoms with Crippen molar-refractivity contribution < 1.29 is 9.59 Å². The van der Waals surface area contributed by atoms with Crippen LogP contribution in [0.4, 0.5) is 5.69 Å². The molecule has 2 aromatic carbocycles. The minimum Gasteiger partial charge on any atom is -0.378 e. The van der Waals surface area contributed by atoms with Crippen LogP contribution in [0.15, 0.2) is 66.0 Å². The summed E-state index contributed by atoms with van der Waals surface area (Å²) in [6, 6.07) is 19.3. The van der Waals surface area contributed by atoms with Crippen LogP contribution in [0.1, 0.15) is 38.1 Å². The van der Waals surface area contributed by atoms with Crippen LogP contribution in [0.2, 0.25) is 0 Å². The first-order valence-electron chi connectivity index (χ1n) is 9.94. The van der Waals surface area contributed by atoms with E-state index < -0.39 is 0 Å². The number of nitrogens with one attached hydrogen (secondary N) is 1. The Morgan fingerprint density at radius 1 is 0.933 bits per heavy atom. The van der Waals surface area contributed by atoms with Crippen molar-refractivity contribution in [1.82, 2.24) is 10.2 Å². The maximum atomic E-state index is 12.9. The number of hydrogen-bond acceptors (Lipinski definition) is 4. The molecule has 6 heteroatoms. The number of hydrogen-bond donors (Lipinski definition) is 1. The van der Waals surface area contributed by atoms with Gasteiger partial charge in [0.15, 0.2) is 0 Å². The van der Waals surface area contributed by atoms with Gasteiger partial charge in [0, 0.05) is 45.0 Å². The zero-order valence-corrected chi connectivity index (χ0v) is 18.4. The van der Waals surface area contributed by atoms with Crippen LogP contribution < -0.4 is 10.2 Å². The maximum absolute atomic E-state index is 12.9. The zero-order valence-electron chi connectivity index (χ0n) is 17.6. The topological polar surface area (TPSA) is 52.6 Å². The summed E-state index contributed by atoms with van der Waals surface area (Å²) in [6.45, 7) is 3.62. The van der Waals surface area contributed by atoms with Gasteiger partial charge < -0.3 is 15.1 Å². The average molecular weight is 422 g/mol. The van der Waals surface area contributed by atoms with Crippen molar-refractivity contribution in [2.75, 3.05) is 25.5 Å². The van der Waals surface area contributed by atoms with E-state index >= 15 is 0 Å². The molecule has 0 saturated heterocycles. The maximum Gasteiger partial charge on any atom is 0.261 e. The number of amides is 2. The number of carbonyl (C=O) groups excluding carboxylic acids is 2. The lowest BCUT2D eigenvalue weighted by molar-refractivity contribution is 0.0752. The Kier molecular flexibility index (Phi) is 7.25. The van der Waals surface area contributed by atoms with Crippen LogP contribution in [0, 0.1) is 0 Å². The predicted molar refractivity (Wildman–Crippen MR) is 123 cm³/mol. The van der Waals surface area contributed by atoms with Gasteiger partial charge in [-0.2, -0.15) is 0 Å². The second kappa shape index (κ2) is 10.1. The standard InChI is InChI=1S/C24H27N3O2S/c1-4-27(17-19-9-13-21(14-10-19)26(2)3)24(29)20-11-7-18(8-12-20)16-25-23(28)22-6-5-15-30-22/h5-15H,4,16-17H2,1-3H3,(H,25,28). The van der Waals surface area contributed by atoms with Gasteiger partial charge in [-0.25, -0.2) is 0 Å². The highest BCUT2D eigenvalue weighted by molar-refractivity contribution is 7.12. The minimum atomic E-state index is -0.0809. The van der Waals surface area contributed by atoms with Crippen LogP contribution >= 0.6 is 11.3 Å². The Morgan fingerprint density at radius 3 is 2.17 bits per heavy atom. The molecule has 0 saturated carbocycles. The minimum absolute atomic E-state index is 0.00311. The Morgan fingerprint density at radius 2 is 1.60 bits per heavy atom. The molecule has 5 nitrogen and oxygen atoms in total. The third-order valence-electron chi connectivity index (χ3n) is 4.89. The largest absolute Gasteiger partial charge is 0.378 e. The molecule has 1 N–H and O–H groups in total. The molecule has 0 aliphatic rings. The van der Waals surface area contributed by atoms with Gasteiger partial charge in [0.05, 0.1) is 4.88 Å². The molecule has 30 heavy (non-hydrogen) atoms. The van der Waals surface area contributed by atoms with Crippen molar-refractivity contribution in [2.45, 2.75) is 20.0 Å². The first-order chi connectivity index (χ1) is 14.5. The monoisotopic (exact) mass is 421 g/mol. The normalized spacial score (nSPS) is 10.5. The van der Waals surface area contributed by atoms with Gasteiger partial charge in [0.2, 0.25) is 0 Å². The summed E-state index contributed by atoms with van der Waals surface area (Å²) in [5.74, 6) is -0.0778. The van der Waals surface area contributed by atoms with Crippen LogP contribution in [-0.2, 0) is 13.1 Å². The van der Waals surface area contributed by atoms with Crippen LogP contribution in [0.5, 0.6) is 0 Å². The predicted octanol–water partition coefficient (Wildman–Crippen LogP) is 4.41. The van der Waals surface area contributed by atoms with Gasteiger partial charge in [-0.3, -0.25) is 9.59 Å². The van der Waals surface area contributed by atoms with Crippen molar-refractivity contribution in [1.29, 1.82) is 0 Å². The summed E-state index contributed by atoms with van der Waals surface area (Å²) in [5, 5.41) is 4.78. The molecule has 1 aromatic heterocycles. The summed E-state index contributed by atoms with van der Waals surface area (Å²) in [5.41, 5.74) is 3.84. The highest BCUT2D eigenvalue weighted by atomic mass is 32.1. The van der Waals surface area contributed by atoms with E-state index in [2.05, 4.69) is 34.5 Å². The van der Waals surface area contributed by atoms with Crippen LogP contribution in [0.25, 0.3) is 0 Å². The number of anilines is 1. The van der Waals surface area contributed by atoms with Crippen molar-refractivity contribution in [3.8, 4) is 0 Å². The summed E-state index contributed by atoms with van der Waals surface area (Å²) in [7, 11) is 4.02. The van der Waals surface area contributed by atoms with Crippen molar-refractivity contribution in [2.24, 2.45) is 0 Å². The number of nitrogens with zero attached hydrogens (tertiary/aromatic N) is 2. The van der Waals surface area contributed by atoms with Gasteiger partial charge in [-0.15, -0.1) is 11.3 Å². The van der Waals surface area contributed by atoms with Crippen LogP contribution in [0.3, 0.4) is 0 Å². The molecule has 1 heterocycles. The molecule has 3 aromatic rings. The number of carbonyl (C=O) groups is 2. The summed E-state index contributed by atoms with van der Waals surface area (Å²) >= 11 is 1.42. The molecule has 156 valence electrons. The second-order valence-corrected chi connectivity index (χ2v) is 8.18. The van der Waals surface area contributed by atoms with E-state index in [1.54, 1.807) is 6.07 Å². The zero-order chi connectivity index (χ0) is 21.5. The molecule has 0 aliphatic heterocycles. The number of thiophene rings is 1. The molecule has 0 aliphatic carbocycles. The molecule has 0 fully saturated rings. The molecule has 0 unspecified atom stereocenters. The smallest absolute Gasteiger partial charge is 0.261 e. The number of benzene rings is 2. The Labute approximate surface area is 181 Å². The molecule has 3 rings (SSSR count). The first kappa shape index (κ1) is 21.6. The fourth-order valence-electron chi connectivity index (χ4n) is 3.07. The van der Waals surface area contributed by atoms with Crippen LogP contribution in [-0.4, -0.2) is 37.4 Å². The molecule has 0 bridgehead atoms. The molecular formula is C24H27N3O2S. The highest BCUT2D eigenvalue weighted by Gasteiger charge is 2.15. The first-order valence-corrected chi connectivity index (χ1v) is 10.8. The van der Waals surface area contributed by atoms with E-state index in [-0.39, 0.29) is 11.8 Å². The average Bonchev–Trinajstić information content (AvgIpc) is 3.31. The molecule has 0 radical (unpaired) electrons. The van der Waals surface area contributed by atoms with Crippen molar-refractivity contribution in [3.63, 3.8) is 0 Å². The third-order valence-corrected chi connectivity index (χ3v) is 5.76. The Hall–Kier alpha value is -3.12. The lowest BCUT2D eigenvalue weighted by atomic mass is 10.1. The van der Waals surface area contributed by atoms with E-state index in [0.29, 0.717) is 30.1 Å².